The number of benzene rings is 1. The summed E-state index contributed by atoms with van der Waals surface area (Å²) in [5.41, 5.74) is -0.600. The summed E-state index contributed by atoms with van der Waals surface area (Å²) in [7, 11) is 0. The van der Waals surface area contributed by atoms with Crippen LogP contribution < -0.4 is 10.2 Å². The lowest BCUT2D eigenvalue weighted by atomic mass is 9.95. The monoisotopic (exact) mass is 475 g/mol. The Morgan fingerprint density at radius 3 is 2.38 bits per heavy atom. The van der Waals surface area contributed by atoms with Gasteiger partial charge in [0, 0.05) is 24.1 Å². The lowest BCUT2D eigenvalue weighted by molar-refractivity contribution is -0.137. The lowest BCUT2D eigenvalue weighted by Gasteiger charge is -2.35. The number of nitrogens with zero attached hydrogens (tertiary/aromatic N) is 4. The first-order chi connectivity index (χ1) is 15.8. The molecule has 4 rings (SSSR count). The number of imidazole rings is 1. The van der Waals surface area contributed by atoms with Crippen LogP contribution in [0.25, 0.3) is 16.9 Å². The van der Waals surface area contributed by atoms with Crippen molar-refractivity contribution in [1.29, 1.82) is 0 Å². The minimum absolute atomic E-state index is 0.0773. The summed E-state index contributed by atoms with van der Waals surface area (Å²) in [6.07, 6.45) is -2.78. The topological polar surface area (TPSA) is 71.8 Å². The van der Waals surface area contributed by atoms with Crippen LogP contribution in [0.1, 0.15) is 40.2 Å². The first kappa shape index (κ1) is 24.0. The minimum Gasteiger partial charge on any atom is -0.372 e. The van der Waals surface area contributed by atoms with Crippen molar-refractivity contribution in [3.8, 4) is 11.3 Å². The molecule has 2 atom stereocenters. The quantitative estimate of drug-likeness (QED) is 0.576. The van der Waals surface area contributed by atoms with Gasteiger partial charge in [-0.2, -0.15) is 13.2 Å². The van der Waals surface area contributed by atoms with Crippen LogP contribution in [-0.2, 0) is 15.7 Å². The highest BCUT2D eigenvalue weighted by molar-refractivity contribution is 5.96. The molecule has 1 aliphatic rings. The number of hydrogen-bond acceptors (Lipinski definition) is 5. The van der Waals surface area contributed by atoms with Crippen molar-refractivity contribution in [2.45, 2.75) is 53.0 Å². The molecule has 34 heavy (non-hydrogen) atoms. The van der Waals surface area contributed by atoms with Gasteiger partial charge < -0.3 is 15.0 Å². The van der Waals surface area contributed by atoms with E-state index in [2.05, 4.69) is 20.3 Å². The van der Waals surface area contributed by atoms with Crippen molar-refractivity contribution in [3.63, 3.8) is 0 Å². The molecule has 10 heteroatoms. The normalized spacial score (nSPS) is 19.5. The molecule has 0 radical (unpaired) electrons. The summed E-state index contributed by atoms with van der Waals surface area (Å²) in [5, 5.41) is 7.08. The first-order valence-electron chi connectivity index (χ1n) is 11.1. The number of halogens is 3. The Morgan fingerprint density at radius 2 is 1.76 bits per heavy atom. The second kappa shape index (κ2) is 8.57. The molecule has 3 aromatic rings. The van der Waals surface area contributed by atoms with Crippen LogP contribution in [0.5, 0.6) is 0 Å². The van der Waals surface area contributed by atoms with Gasteiger partial charge >= 0.3 is 6.18 Å². The van der Waals surface area contributed by atoms with Gasteiger partial charge in [-0.3, -0.25) is 4.79 Å². The van der Waals surface area contributed by atoms with Gasteiger partial charge in [-0.15, -0.1) is 5.10 Å². The third kappa shape index (κ3) is 5.01. The average Bonchev–Trinajstić information content (AvgIpc) is 3.15. The van der Waals surface area contributed by atoms with E-state index in [1.165, 1.54) is 12.1 Å². The summed E-state index contributed by atoms with van der Waals surface area (Å²) in [6, 6.07) is 7.32. The third-order valence-corrected chi connectivity index (χ3v) is 5.60. The molecule has 1 fully saturated rings. The SMILES string of the molecule is CC1CN(c2ccc3nc(-c4ccc(C(F)(F)F)c(NC(=O)C(C)(C)C)c4)cn3n2)CC(C)O1. The molecule has 0 aliphatic carbocycles. The van der Waals surface area contributed by atoms with Crippen LogP contribution >= 0.6 is 0 Å². The van der Waals surface area contributed by atoms with Gasteiger partial charge in [-0.05, 0) is 38.1 Å². The Labute approximate surface area is 195 Å². The number of anilines is 2. The zero-order chi connectivity index (χ0) is 24.8. The highest BCUT2D eigenvalue weighted by Crippen LogP contribution is 2.38. The predicted octanol–water partition coefficient (Wildman–Crippen LogP) is 5.01. The lowest BCUT2D eigenvalue weighted by Crippen LogP contribution is -2.46. The number of carbonyl (C=O) groups excluding carboxylic acids is 1. The van der Waals surface area contributed by atoms with E-state index in [1.54, 1.807) is 31.5 Å². The van der Waals surface area contributed by atoms with Crippen molar-refractivity contribution in [3.05, 3.63) is 42.1 Å². The van der Waals surface area contributed by atoms with Gasteiger partial charge in [0.15, 0.2) is 5.65 Å². The average molecular weight is 476 g/mol. The summed E-state index contributed by atoms with van der Waals surface area (Å²) in [5.74, 6) is 0.259. The van der Waals surface area contributed by atoms with Crippen LogP contribution in [0.4, 0.5) is 24.7 Å². The number of carbonyl (C=O) groups is 1. The van der Waals surface area contributed by atoms with E-state index in [9.17, 15) is 18.0 Å². The first-order valence-corrected chi connectivity index (χ1v) is 11.1. The van der Waals surface area contributed by atoms with E-state index in [0.717, 1.165) is 11.9 Å². The summed E-state index contributed by atoms with van der Waals surface area (Å²) >= 11 is 0. The van der Waals surface area contributed by atoms with Crippen LogP contribution in [0.3, 0.4) is 0 Å². The molecular weight excluding hydrogens is 447 g/mol. The molecular formula is C24H28F3N5O2. The number of ether oxygens (including phenoxy) is 1. The Kier molecular flexibility index (Phi) is 6.05. The smallest absolute Gasteiger partial charge is 0.372 e. The number of fused-ring (bicyclic) bond motifs is 1. The Hall–Kier alpha value is -3.14. The molecule has 1 saturated heterocycles. The summed E-state index contributed by atoms with van der Waals surface area (Å²) in [6.45, 7) is 10.4. The highest BCUT2D eigenvalue weighted by Gasteiger charge is 2.35. The zero-order valence-corrected chi connectivity index (χ0v) is 19.8. The fourth-order valence-electron chi connectivity index (χ4n) is 3.91. The summed E-state index contributed by atoms with van der Waals surface area (Å²) < 4.78 is 48.1. The predicted molar refractivity (Wildman–Crippen MR) is 124 cm³/mol. The molecule has 182 valence electrons. The van der Waals surface area contributed by atoms with E-state index < -0.39 is 23.1 Å². The molecule has 1 N–H and O–H groups in total. The van der Waals surface area contributed by atoms with Crippen LogP contribution in [0, 0.1) is 5.41 Å². The van der Waals surface area contributed by atoms with Crippen LogP contribution in [0.2, 0.25) is 0 Å². The van der Waals surface area contributed by atoms with Crippen molar-refractivity contribution in [1.82, 2.24) is 14.6 Å². The number of aromatic nitrogens is 3. The number of alkyl halides is 3. The maximum Gasteiger partial charge on any atom is 0.418 e. The molecule has 1 amide bonds. The molecule has 0 saturated carbocycles. The number of morpholine rings is 1. The van der Waals surface area contributed by atoms with Crippen LogP contribution in [-0.4, -0.2) is 45.8 Å². The molecule has 1 aliphatic heterocycles. The number of amides is 1. The van der Waals surface area contributed by atoms with Gasteiger partial charge in [-0.25, -0.2) is 9.50 Å². The van der Waals surface area contributed by atoms with Gasteiger partial charge in [0.25, 0.3) is 0 Å². The van der Waals surface area contributed by atoms with E-state index in [0.29, 0.717) is 30.0 Å². The van der Waals surface area contributed by atoms with Gasteiger partial charge in [0.1, 0.15) is 5.82 Å². The number of hydrogen-bond donors (Lipinski definition) is 1. The highest BCUT2D eigenvalue weighted by atomic mass is 19.4. The van der Waals surface area contributed by atoms with E-state index in [1.807, 2.05) is 26.0 Å². The minimum atomic E-state index is -4.61. The zero-order valence-electron chi connectivity index (χ0n) is 19.8. The fraction of sp³-hybridized carbons (Fsp3) is 0.458. The molecule has 2 unspecified atom stereocenters. The van der Waals surface area contributed by atoms with Gasteiger partial charge in [0.2, 0.25) is 5.91 Å². The second-order valence-electron chi connectivity index (χ2n) is 9.74. The van der Waals surface area contributed by atoms with Crippen molar-refractivity contribution >= 4 is 23.1 Å². The molecule has 1 aromatic carbocycles. The Balaban J connectivity index is 1.69. The van der Waals surface area contributed by atoms with E-state index in [4.69, 9.17) is 4.74 Å². The third-order valence-electron chi connectivity index (χ3n) is 5.60. The van der Waals surface area contributed by atoms with Crippen molar-refractivity contribution in [2.75, 3.05) is 23.3 Å². The molecule has 2 aromatic heterocycles. The van der Waals surface area contributed by atoms with Crippen LogP contribution in [0.15, 0.2) is 36.5 Å². The maximum atomic E-state index is 13.6. The Bertz CT molecular complexity index is 1210. The molecule has 0 spiro atoms. The Morgan fingerprint density at radius 1 is 1.09 bits per heavy atom. The molecule has 3 heterocycles. The van der Waals surface area contributed by atoms with Gasteiger partial charge in [0.05, 0.1) is 35.3 Å². The largest absolute Gasteiger partial charge is 0.418 e. The van der Waals surface area contributed by atoms with E-state index >= 15 is 0 Å². The molecule has 7 nitrogen and oxygen atoms in total. The fourth-order valence-corrected chi connectivity index (χ4v) is 3.91. The summed E-state index contributed by atoms with van der Waals surface area (Å²) in [4.78, 5) is 19.1. The van der Waals surface area contributed by atoms with Crippen molar-refractivity contribution < 1.29 is 22.7 Å². The van der Waals surface area contributed by atoms with E-state index in [-0.39, 0.29) is 17.9 Å². The number of nitrogens with one attached hydrogen (secondary N) is 1. The van der Waals surface area contributed by atoms with Gasteiger partial charge in [-0.1, -0.05) is 26.8 Å². The second-order valence-corrected chi connectivity index (χ2v) is 9.74. The maximum absolute atomic E-state index is 13.6. The number of rotatable bonds is 3. The molecule has 0 bridgehead atoms. The van der Waals surface area contributed by atoms with Crippen molar-refractivity contribution in [2.24, 2.45) is 5.41 Å². The standard InChI is InChI=1S/C24H28F3N5O2/c1-14-11-31(12-15(2)34-14)21-9-8-20-28-19(13-32(20)30-21)16-6-7-17(24(25,26)27)18(10-16)29-22(33)23(3,4)5/h6-10,13-15H,11-12H2,1-5H3,(H,29,33).